The first-order valence-corrected chi connectivity index (χ1v) is 33.9. The largest absolute Gasteiger partial charge is 0.481 e. The molecule has 1 aliphatic heterocycles. The van der Waals surface area contributed by atoms with Crippen LogP contribution in [0.4, 0.5) is 20.1 Å². The quantitative estimate of drug-likeness (QED) is 0.0125. The lowest BCUT2D eigenvalue weighted by Crippen LogP contribution is -2.51. The summed E-state index contributed by atoms with van der Waals surface area (Å²) in [6.07, 6.45) is 1.56. The number of piperidine rings is 1. The van der Waals surface area contributed by atoms with Gasteiger partial charge >= 0.3 is 36.1 Å². The zero-order valence-electron chi connectivity index (χ0n) is 58.0. The number of hydrogen-bond acceptors (Lipinski definition) is 19. The van der Waals surface area contributed by atoms with Gasteiger partial charge in [0.05, 0.1) is 18.0 Å². The van der Waals surface area contributed by atoms with Gasteiger partial charge in [-0.1, -0.05) is 99.4 Å². The number of urea groups is 1. The highest BCUT2D eigenvalue weighted by atomic mass is 32.1. The number of hydrogen-bond donors (Lipinski definition) is 7. The van der Waals surface area contributed by atoms with Gasteiger partial charge in [-0.3, -0.25) is 43.3 Å². The van der Waals surface area contributed by atoms with Crippen LogP contribution in [-0.4, -0.2) is 179 Å². The van der Waals surface area contributed by atoms with E-state index in [1.165, 1.54) is 48.0 Å². The molecular formula is C68H103N11O16S. The highest BCUT2D eigenvalue weighted by molar-refractivity contribution is 7.09. The van der Waals surface area contributed by atoms with E-state index in [1.807, 2.05) is 53.5 Å². The van der Waals surface area contributed by atoms with Crippen molar-refractivity contribution in [2.24, 2.45) is 47.0 Å². The van der Waals surface area contributed by atoms with Crippen molar-refractivity contribution in [1.29, 1.82) is 0 Å². The van der Waals surface area contributed by atoms with Gasteiger partial charge in [-0.2, -0.15) is 0 Å². The van der Waals surface area contributed by atoms with E-state index in [1.54, 1.807) is 62.4 Å². The number of carbonyl (C=O) groups is 11. The van der Waals surface area contributed by atoms with E-state index < -0.39 is 103 Å². The van der Waals surface area contributed by atoms with Crippen LogP contribution >= 0.6 is 11.3 Å². The third-order valence-corrected chi connectivity index (χ3v) is 17.9. The maximum Gasteiger partial charge on any atom is 0.415 e. The number of likely N-dealkylation sites (N-methyl/N-ethyl adjacent to an activating group) is 3. The average Bonchev–Trinajstić information content (AvgIpc) is 1.23. The molecule has 0 aliphatic carbocycles. The third-order valence-electron chi connectivity index (χ3n) is 17.0. The fourth-order valence-corrected chi connectivity index (χ4v) is 11.6. The topological polar surface area (TPSA) is 371 Å². The van der Waals surface area contributed by atoms with Gasteiger partial charge < -0.3 is 71.5 Å². The molecule has 2 heterocycles. The normalized spacial score (nSPS) is 15.7. The van der Waals surface area contributed by atoms with Crippen molar-refractivity contribution in [3.05, 3.63) is 75.7 Å². The molecule has 1 saturated heterocycles. The first-order valence-electron chi connectivity index (χ1n) is 33.0. The first kappa shape index (κ1) is 80.2. The Labute approximate surface area is 568 Å². The van der Waals surface area contributed by atoms with Gasteiger partial charge in [-0.15, -0.1) is 11.3 Å². The fourth-order valence-electron chi connectivity index (χ4n) is 10.8. The molecule has 9 atom stereocenters. The molecule has 532 valence electrons. The number of anilines is 1. The predicted molar refractivity (Wildman–Crippen MR) is 361 cm³/mol. The summed E-state index contributed by atoms with van der Waals surface area (Å²) >= 11 is 1.06. The average molecular weight is 1360 g/mol. The number of benzene rings is 2. The van der Waals surface area contributed by atoms with Crippen molar-refractivity contribution in [3.63, 3.8) is 0 Å². The van der Waals surface area contributed by atoms with E-state index in [2.05, 4.69) is 26.3 Å². The van der Waals surface area contributed by atoms with Crippen molar-refractivity contribution < 1.29 is 76.8 Å². The maximum atomic E-state index is 15.1. The van der Waals surface area contributed by atoms with Gasteiger partial charge in [0.25, 0.3) is 5.91 Å². The number of carbonyl (C=O) groups excluding carboxylic acids is 10. The Kier molecular flexibility index (Phi) is 33.2. The van der Waals surface area contributed by atoms with Crippen LogP contribution in [0.1, 0.15) is 166 Å². The molecule has 0 unspecified atom stereocenters. The molecule has 4 rings (SSSR count). The zero-order valence-corrected chi connectivity index (χ0v) is 58.8. The highest BCUT2D eigenvalue weighted by Gasteiger charge is 2.40. The first-order chi connectivity index (χ1) is 45.3. The summed E-state index contributed by atoms with van der Waals surface area (Å²) in [5, 5.41) is 22.5. The lowest BCUT2D eigenvalue weighted by atomic mass is 9.82. The van der Waals surface area contributed by atoms with Gasteiger partial charge in [0.1, 0.15) is 29.1 Å². The Morgan fingerprint density at radius 3 is 2.03 bits per heavy atom. The van der Waals surface area contributed by atoms with Gasteiger partial charge in [-0.05, 0) is 111 Å². The van der Waals surface area contributed by atoms with Gasteiger partial charge in [0, 0.05) is 89.0 Å². The summed E-state index contributed by atoms with van der Waals surface area (Å²) in [4.78, 5) is 155. The van der Waals surface area contributed by atoms with E-state index in [9.17, 15) is 53.1 Å². The molecule has 96 heavy (non-hydrogen) atoms. The number of esters is 2. The molecule has 1 aliphatic rings. The van der Waals surface area contributed by atoms with E-state index >= 15 is 4.79 Å². The van der Waals surface area contributed by atoms with Crippen LogP contribution in [-0.2, 0) is 60.8 Å². The number of ketones is 1. The number of likely N-dealkylation sites (tertiary alicyclic amines) is 1. The van der Waals surface area contributed by atoms with Crippen LogP contribution in [0.5, 0.6) is 5.75 Å². The molecule has 3 aromatic rings. The van der Waals surface area contributed by atoms with E-state index in [4.69, 9.17) is 30.4 Å². The van der Waals surface area contributed by atoms with E-state index in [0.29, 0.717) is 36.1 Å². The molecule has 28 heteroatoms. The monoisotopic (exact) mass is 1360 g/mol. The number of nitrogens with zero attached hydrogens (tertiary/aromatic N) is 5. The van der Waals surface area contributed by atoms with Crippen LogP contribution in [0.2, 0.25) is 0 Å². The molecular weight excluding hydrogens is 1260 g/mol. The number of carboxylic acids is 1. The van der Waals surface area contributed by atoms with Crippen molar-refractivity contribution in [2.75, 3.05) is 59.4 Å². The van der Waals surface area contributed by atoms with Crippen molar-refractivity contribution in [1.82, 2.24) is 40.5 Å². The molecule has 0 radical (unpaired) electrons. The Morgan fingerprint density at radius 1 is 0.802 bits per heavy atom. The number of aliphatic carboxylic acids is 1. The number of amides is 8. The minimum atomic E-state index is -1.08. The summed E-state index contributed by atoms with van der Waals surface area (Å²) < 4.78 is 22.8. The van der Waals surface area contributed by atoms with E-state index in [-0.39, 0.29) is 123 Å². The number of Topliss-reactive ketones (excluding diaryl/α,β-unsaturated/α-hetero) is 1. The summed E-state index contributed by atoms with van der Waals surface area (Å²) in [5.74, 6) is -6.37. The number of thiazole rings is 1. The molecule has 1 fully saturated rings. The number of ether oxygens (including phenoxy) is 4. The number of primary amides is 1. The number of rotatable bonds is 38. The maximum absolute atomic E-state index is 15.1. The van der Waals surface area contributed by atoms with Crippen molar-refractivity contribution >= 4 is 82.6 Å². The second kappa shape index (κ2) is 39.7. The molecule has 2 aromatic carbocycles. The van der Waals surface area contributed by atoms with Crippen LogP contribution in [0.25, 0.3) is 0 Å². The molecule has 0 saturated carbocycles. The molecule has 27 nitrogen and oxygen atoms in total. The second-order valence-electron chi connectivity index (χ2n) is 26.1. The van der Waals surface area contributed by atoms with Crippen LogP contribution in [0.3, 0.4) is 0 Å². The summed E-state index contributed by atoms with van der Waals surface area (Å²) in [7, 11) is 4.92. The molecule has 8 amide bonds. The van der Waals surface area contributed by atoms with Gasteiger partial charge in [0.2, 0.25) is 17.7 Å². The Bertz CT molecular complexity index is 3070. The van der Waals surface area contributed by atoms with Crippen LogP contribution < -0.4 is 37.5 Å². The number of carboxylic acid groups (broad SMARTS) is 1. The molecule has 1 aromatic heterocycles. The minimum absolute atomic E-state index is 0.000560. The summed E-state index contributed by atoms with van der Waals surface area (Å²) in [6, 6.07) is 8.70. The van der Waals surface area contributed by atoms with Gasteiger partial charge in [0.15, 0.2) is 18.6 Å². The van der Waals surface area contributed by atoms with Gasteiger partial charge in [-0.25, -0.2) is 19.4 Å². The molecule has 0 spiro atoms. The Hall–Kier alpha value is -8.24. The molecule has 0 bridgehead atoms. The van der Waals surface area contributed by atoms with Crippen molar-refractivity contribution in [3.8, 4) is 5.75 Å². The molecule has 9 N–H and O–H groups in total. The lowest BCUT2D eigenvalue weighted by Gasteiger charge is -2.39. The summed E-state index contributed by atoms with van der Waals surface area (Å²) in [6.45, 7) is 18.4. The predicted octanol–water partition coefficient (Wildman–Crippen LogP) is 7.65. The number of aromatic nitrogens is 1. The third kappa shape index (κ3) is 26.8. The van der Waals surface area contributed by atoms with Crippen LogP contribution in [0, 0.1) is 35.5 Å². The Morgan fingerprint density at radius 2 is 1.45 bits per heavy atom. The standard InChI is InChI=1S/C68H103N11O16S/c1-14-43(8)51(35-56(81)54-19-15-16-29-76(54)11)64(86)79(39-93-58(82)32-40(2)3)55(41(4)5)36-57(94-45(10)80)63-75-53(38-96-63)61(84)73-49(33-44(9)65(87)88)34-46-22-26-50(27-23-46)95-68(91)78(13)31-30-77(12)67(90)92-37-47-20-24-48(25-21-47)72-60(83)52(18-17-28-71-66(70)89)74-62(85)59(69)42(6)7/h20-27,38,40-44,49,51-52,54-55,57,59H,14-19,28-37,39,69H2,1-13H3,(H,72,83)(H,73,84)(H,74,85)(H,87,88)(H3,70,71,89)/t43-,44-,49+,51-,52+,54+,55+,57+,59+/m0/s1. The van der Waals surface area contributed by atoms with E-state index in [0.717, 1.165) is 30.7 Å². The summed E-state index contributed by atoms with van der Waals surface area (Å²) in [5.41, 5.74) is 12.8. The smallest absolute Gasteiger partial charge is 0.415 e. The highest BCUT2D eigenvalue weighted by Crippen LogP contribution is 2.34. The second-order valence-corrected chi connectivity index (χ2v) is 27.0. The lowest BCUT2D eigenvalue weighted by molar-refractivity contribution is -0.162. The van der Waals surface area contributed by atoms with Crippen LogP contribution in [0.15, 0.2) is 53.9 Å². The van der Waals surface area contributed by atoms with Crippen molar-refractivity contribution in [2.45, 2.75) is 183 Å². The number of nitrogens with two attached hydrogens (primary N) is 2. The minimum Gasteiger partial charge on any atom is -0.481 e. The SMILES string of the molecule is CC[C@H](C)[C@H](CC(=O)[C@H]1CCCCN1C)C(=O)N(COC(=O)CC(C)C)[C@H](C[C@@H](OC(C)=O)c1nc(C(=O)N[C@@H](Cc2ccc(OC(=O)N(C)CCN(C)C(=O)OCc3ccc(NC(=O)[C@@H](CCCNC(N)=O)NC(=O)[C@H](N)C(C)C)cc3)cc2)C[C@H](C)C(=O)O)cs1)C(C)C. The Balaban J connectivity index is 1.39. The fraction of sp³-hybridized carbons (Fsp3) is 0.618. The zero-order chi connectivity index (χ0) is 71.5. The number of nitrogens with one attached hydrogen (secondary N) is 4.